The van der Waals surface area contributed by atoms with Gasteiger partial charge in [-0.15, -0.1) is 11.3 Å². The smallest absolute Gasteiger partial charge is 0.228 e. The molecule has 0 saturated carbocycles. The number of benzene rings is 1. The number of hydrogen-bond acceptors (Lipinski definition) is 4. The molecule has 2 saturated heterocycles. The van der Waals surface area contributed by atoms with Crippen molar-refractivity contribution in [1.82, 2.24) is 9.88 Å². The fraction of sp³-hybridized carbons (Fsp3) is 0.421. The van der Waals surface area contributed by atoms with Crippen LogP contribution in [0.3, 0.4) is 0 Å². The lowest BCUT2D eigenvalue weighted by molar-refractivity contribution is -0.136. The maximum absolute atomic E-state index is 12.8. The van der Waals surface area contributed by atoms with Crippen molar-refractivity contribution in [3.05, 3.63) is 46.9 Å². The SMILES string of the molecule is O=C(C1CC(=O)N(c2ccccc2)C1)N1CCC(c2nccs2)CC1. The average Bonchev–Trinajstić information content (AvgIpc) is 3.32. The van der Waals surface area contributed by atoms with Gasteiger partial charge in [-0.2, -0.15) is 0 Å². The van der Waals surface area contributed by atoms with Crippen LogP contribution < -0.4 is 4.90 Å². The van der Waals surface area contributed by atoms with Gasteiger partial charge in [-0.05, 0) is 25.0 Å². The number of hydrogen-bond donors (Lipinski definition) is 0. The molecule has 4 rings (SSSR count). The second-order valence-electron chi connectivity index (χ2n) is 6.71. The van der Waals surface area contributed by atoms with Crippen molar-refractivity contribution in [3.63, 3.8) is 0 Å². The first-order valence-electron chi connectivity index (χ1n) is 8.76. The highest BCUT2D eigenvalue weighted by Crippen LogP contribution is 2.31. The van der Waals surface area contributed by atoms with Crippen LogP contribution in [-0.4, -0.2) is 41.3 Å². The second-order valence-corrected chi connectivity index (χ2v) is 7.64. The number of thiazole rings is 1. The normalized spacial score (nSPS) is 21.8. The topological polar surface area (TPSA) is 53.5 Å². The molecular formula is C19H21N3O2S. The Balaban J connectivity index is 1.37. The van der Waals surface area contributed by atoms with Gasteiger partial charge in [-0.3, -0.25) is 9.59 Å². The molecule has 5 nitrogen and oxygen atoms in total. The van der Waals surface area contributed by atoms with E-state index in [4.69, 9.17) is 0 Å². The molecule has 0 aliphatic carbocycles. The molecule has 3 heterocycles. The van der Waals surface area contributed by atoms with E-state index in [2.05, 4.69) is 4.98 Å². The van der Waals surface area contributed by atoms with Gasteiger partial charge in [0.15, 0.2) is 0 Å². The zero-order valence-electron chi connectivity index (χ0n) is 14.0. The van der Waals surface area contributed by atoms with Crippen molar-refractivity contribution < 1.29 is 9.59 Å². The number of carbonyl (C=O) groups is 2. The van der Waals surface area contributed by atoms with Gasteiger partial charge in [-0.1, -0.05) is 18.2 Å². The number of rotatable bonds is 3. The van der Waals surface area contributed by atoms with Crippen LogP contribution in [0, 0.1) is 5.92 Å². The summed E-state index contributed by atoms with van der Waals surface area (Å²) < 4.78 is 0. The molecule has 1 aromatic heterocycles. The first-order valence-corrected chi connectivity index (χ1v) is 9.64. The molecule has 0 spiro atoms. The third kappa shape index (κ3) is 3.31. The summed E-state index contributed by atoms with van der Waals surface area (Å²) in [5, 5.41) is 3.19. The van der Waals surface area contributed by atoms with Crippen LogP contribution in [-0.2, 0) is 9.59 Å². The predicted molar refractivity (Wildman–Crippen MR) is 97.6 cm³/mol. The summed E-state index contributed by atoms with van der Waals surface area (Å²) in [6.07, 6.45) is 4.09. The predicted octanol–water partition coefficient (Wildman–Crippen LogP) is 2.90. The number of likely N-dealkylation sites (tertiary alicyclic amines) is 1. The number of amides is 2. The van der Waals surface area contributed by atoms with E-state index < -0.39 is 0 Å². The molecule has 1 atom stereocenters. The standard InChI is InChI=1S/C19H21N3O2S/c23-17-12-15(13-22(17)16-4-2-1-3-5-16)19(24)21-9-6-14(7-10-21)18-20-8-11-25-18/h1-5,8,11,14-15H,6-7,9-10,12-13H2. The number of piperidine rings is 1. The van der Waals surface area contributed by atoms with Crippen molar-refractivity contribution in [3.8, 4) is 0 Å². The van der Waals surface area contributed by atoms with E-state index in [0.29, 0.717) is 18.9 Å². The quantitative estimate of drug-likeness (QED) is 0.851. The molecule has 2 aliphatic heterocycles. The molecule has 0 N–H and O–H groups in total. The van der Waals surface area contributed by atoms with Crippen LogP contribution in [0.2, 0.25) is 0 Å². The first-order chi connectivity index (χ1) is 12.2. The summed E-state index contributed by atoms with van der Waals surface area (Å²) in [6, 6.07) is 9.61. The van der Waals surface area contributed by atoms with E-state index in [1.54, 1.807) is 16.2 Å². The van der Waals surface area contributed by atoms with E-state index in [1.807, 2.05) is 46.8 Å². The van der Waals surface area contributed by atoms with E-state index in [0.717, 1.165) is 31.6 Å². The number of para-hydroxylation sites is 1. The Kier molecular flexibility index (Phi) is 4.53. The minimum Gasteiger partial charge on any atom is -0.342 e. The fourth-order valence-corrected chi connectivity index (χ4v) is 4.58. The molecule has 0 radical (unpaired) electrons. The van der Waals surface area contributed by atoms with Gasteiger partial charge in [0.2, 0.25) is 11.8 Å². The molecule has 2 aliphatic rings. The minimum absolute atomic E-state index is 0.0437. The summed E-state index contributed by atoms with van der Waals surface area (Å²) in [7, 11) is 0. The van der Waals surface area contributed by atoms with Crippen molar-refractivity contribution in [2.75, 3.05) is 24.5 Å². The molecule has 130 valence electrons. The van der Waals surface area contributed by atoms with E-state index >= 15 is 0 Å². The van der Waals surface area contributed by atoms with Crippen LogP contribution >= 0.6 is 11.3 Å². The maximum Gasteiger partial charge on any atom is 0.228 e. The number of carbonyl (C=O) groups excluding carboxylic acids is 2. The zero-order chi connectivity index (χ0) is 17.2. The molecule has 2 fully saturated rings. The zero-order valence-corrected chi connectivity index (χ0v) is 14.8. The van der Waals surface area contributed by atoms with Gasteiger partial charge in [0, 0.05) is 49.2 Å². The van der Waals surface area contributed by atoms with Gasteiger partial charge in [0.05, 0.1) is 10.9 Å². The molecule has 0 bridgehead atoms. The highest BCUT2D eigenvalue weighted by molar-refractivity contribution is 7.09. The molecule has 25 heavy (non-hydrogen) atoms. The van der Waals surface area contributed by atoms with E-state index in [1.165, 1.54) is 5.01 Å². The Labute approximate surface area is 151 Å². The molecule has 6 heteroatoms. The Morgan fingerprint density at radius 3 is 2.60 bits per heavy atom. The summed E-state index contributed by atoms with van der Waals surface area (Å²) in [6.45, 7) is 2.02. The van der Waals surface area contributed by atoms with Gasteiger partial charge in [0.1, 0.15) is 0 Å². The van der Waals surface area contributed by atoms with Crippen LogP contribution in [0.1, 0.15) is 30.2 Å². The van der Waals surface area contributed by atoms with Gasteiger partial charge >= 0.3 is 0 Å². The molecular weight excluding hydrogens is 334 g/mol. The third-order valence-corrected chi connectivity index (χ3v) is 6.09. The Bertz CT molecular complexity index is 739. The van der Waals surface area contributed by atoms with E-state index in [-0.39, 0.29) is 17.7 Å². The molecule has 2 amide bonds. The van der Waals surface area contributed by atoms with Crippen molar-refractivity contribution in [1.29, 1.82) is 0 Å². The minimum atomic E-state index is -0.218. The Hall–Kier alpha value is -2.21. The highest BCUT2D eigenvalue weighted by Gasteiger charge is 2.38. The van der Waals surface area contributed by atoms with Gasteiger partial charge < -0.3 is 9.80 Å². The largest absolute Gasteiger partial charge is 0.342 e. The van der Waals surface area contributed by atoms with E-state index in [9.17, 15) is 9.59 Å². The number of anilines is 1. The van der Waals surface area contributed by atoms with Crippen LogP contribution in [0.25, 0.3) is 0 Å². The summed E-state index contributed by atoms with van der Waals surface area (Å²) in [5.41, 5.74) is 0.880. The lowest BCUT2D eigenvalue weighted by atomic mass is 9.96. The molecule has 1 unspecified atom stereocenters. The fourth-order valence-electron chi connectivity index (χ4n) is 3.77. The van der Waals surface area contributed by atoms with Crippen LogP contribution in [0.15, 0.2) is 41.9 Å². The second kappa shape index (κ2) is 6.96. The summed E-state index contributed by atoms with van der Waals surface area (Å²) in [5.74, 6) is 0.422. The van der Waals surface area contributed by atoms with Crippen molar-refractivity contribution >= 4 is 28.8 Å². The monoisotopic (exact) mass is 355 g/mol. The molecule has 2 aromatic rings. The van der Waals surface area contributed by atoms with Crippen LogP contribution in [0.5, 0.6) is 0 Å². The summed E-state index contributed by atoms with van der Waals surface area (Å²) in [4.78, 5) is 33.3. The number of aromatic nitrogens is 1. The van der Waals surface area contributed by atoms with Crippen molar-refractivity contribution in [2.24, 2.45) is 5.92 Å². The lowest BCUT2D eigenvalue weighted by Crippen LogP contribution is -2.42. The first kappa shape index (κ1) is 16.3. The average molecular weight is 355 g/mol. The van der Waals surface area contributed by atoms with Crippen molar-refractivity contribution in [2.45, 2.75) is 25.2 Å². The Morgan fingerprint density at radius 2 is 1.92 bits per heavy atom. The maximum atomic E-state index is 12.8. The highest BCUT2D eigenvalue weighted by atomic mass is 32.1. The van der Waals surface area contributed by atoms with Gasteiger partial charge in [0.25, 0.3) is 0 Å². The molecule has 1 aromatic carbocycles. The number of nitrogens with zero attached hydrogens (tertiary/aromatic N) is 3. The third-order valence-electron chi connectivity index (χ3n) is 5.15. The Morgan fingerprint density at radius 1 is 1.16 bits per heavy atom. The lowest BCUT2D eigenvalue weighted by Gasteiger charge is -2.32. The van der Waals surface area contributed by atoms with Gasteiger partial charge in [-0.25, -0.2) is 4.98 Å². The van der Waals surface area contributed by atoms with Crippen LogP contribution in [0.4, 0.5) is 5.69 Å². The summed E-state index contributed by atoms with van der Waals surface area (Å²) >= 11 is 1.70.